The van der Waals surface area contributed by atoms with Gasteiger partial charge in [0.1, 0.15) is 6.61 Å². The Morgan fingerprint density at radius 1 is 1.48 bits per heavy atom. The highest BCUT2D eigenvalue weighted by Gasteiger charge is 2.25. The topological polar surface area (TPSA) is 131 Å². The number of carbonyl (C=O) groups excluding carboxylic acids is 1. The average molecular weight is 315 g/mol. The van der Waals surface area contributed by atoms with Crippen LogP contribution in [0, 0.1) is 0 Å². The van der Waals surface area contributed by atoms with Crippen molar-refractivity contribution in [2.45, 2.75) is 0 Å². The van der Waals surface area contributed by atoms with Gasteiger partial charge in [0.15, 0.2) is 22.9 Å². The molecule has 0 amide bonds. The predicted molar refractivity (Wildman–Crippen MR) is 82.4 cm³/mol. The first-order chi connectivity index (χ1) is 11.1. The molecule has 0 aromatic carbocycles. The summed E-state index contributed by atoms with van der Waals surface area (Å²) in [7, 11) is 0. The summed E-state index contributed by atoms with van der Waals surface area (Å²) in [6.07, 6.45) is 4.70. The van der Waals surface area contributed by atoms with Gasteiger partial charge >= 0.3 is 5.97 Å². The molecule has 3 heterocycles. The van der Waals surface area contributed by atoms with Crippen molar-refractivity contribution in [1.29, 1.82) is 0 Å². The molecule has 8 nitrogen and oxygen atoms in total. The SMILES string of the molecule is Nc1oc(C=C2C=Nc3ncccc32)c(O)c1C(=O)OCCO. The lowest BCUT2D eigenvalue weighted by atomic mass is 10.1. The number of aliphatic imine (C=N–C) groups is 1. The number of allylic oxidation sites excluding steroid dienone is 1. The number of furan rings is 1. The van der Waals surface area contributed by atoms with E-state index in [1.807, 2.05) is 6.07 Å². The lowest BCUT2D eigenvalue weighted by molar-refractivity contribution is 0.0431. The Bertz CT molecular complexity index is 823. The molecule has 3 rings (SSSR count). The van der Waals surface area contributed by atoms with Gasteiger partial charge in [-0.25, -0.2) is 14.8 Å². The predicted octanol–water partition coefficient (Wildman–Crippen LogP) is 1.37. The van der Waals surface area contributed by atoms with Crippen molar-refractivity contribution in [2.75, 3.05) is 18.9 Å². The molecule has 0 saturated carbocycles. The third kappa shape index (κ3) is 2.67. The Morgan fingerprint density at radius 3 is 3.09 bits per heavy atom. The Balaban J connectivity index is 1.96. The summed E-state index contributed by atoms with van der Waals surface area (Å²) in [6, 6.07) is 3.58. The van der Waals surface area contributed by atoms with E-state index < -0.39 is 11.7 Å². The molecule has 0 unspecified atom stereocenters. The molecule has 0 spiro atoms. The summed E-state index contributed by atoms with van der Waals surface area (Å²) < 4.78 is 9.96. The van der Waals surface area contributed by atoms with Gasteiger partial charge in [-0.05, 0) is 18.2 Å². The minimum Gasteiger partial charge on any atom is -0.504 e. The minimum atomic E-state index is -0.871. The number of hydrogen-bond donors (Lipinski definition) is 3. The number of hydrogen-bond acceptors (Lipinski definition) is 8. The zero-order chi connectivity index (χ0) is 16.4. The maximum absolute atomic E-state index is 11.8. The first-order valence-electron chi connectivity index (χ1n) is 6.72. The van der Waals surface area contributed by atoms with E-state index in [1.165, 1.54) is 6.08 Å². The van der Waals surface area contributed by atoms with E-state index in [9.17, 15) is 9.90 Å². The van der Waals surface area contributed by atoms with Gasteiger partial charge in [0, 0.05) is 23.5 Å². The summed E-state index contributed by atoms with van der Waals surface area (Å²) in [5.41, 5.74) is 6.78. The summed E-state index contributed by atoms with van der Waals surface area (Å²) in [6.45, 7) is -0.535. The van der Waals surface area contributed by atoms with Crippen molar-refractivity contribution in [3.05, 3.63) is 35.2 Å². The van der Waals surface area contributed by atoms with Gasteiger partial charge in [-0.3, -0.25) is 0 Å². The Kier molecular flexibility index (Phi) is 3.82. The van der Waals surface area contributed by atoms with Crippen molar-refractivity contribution in [1.82, 2.24) is 4.98 Å². The molecule has 23 heavy (non-hydrogen) atoms. The number of nitrogens with zero attached hydrogens (tertiary/aromatic N) is 2. The van der Waals surface area contributed by atoms with Crippen molar-refractivity contribution < 1.29 is 24.2 Å². The van der Waals surface area contributed by atoms with Gasteiger partial charge in [-0.15, -0.1) is 0 Å². The number of aromatic hydroxyl groups is 1. The van der Waals surface area contributed by atoms with E-state index in [0.29, 0.717) is 11.4 Å². The van der Waals surface area contributed by atoms with Crippen molar-refractivity contribution in [3.8, 4) is 5.75 Å². The molecule has 2 aromatic heterocycles. The molecule has 0 saturated heterocycles. The lowest BCUT2D eigenvalue weighted by Crippen LogP contribution is -2.09. The fourth-order valence-corrected chi connectivity index (χ4v) is 2.14. The number of fused-ring (bicyclic) bond motifs is 1. The first kappa shape index (κ1) is 14.8. The smallest absolute Gasteiger partial charge is 0.347 e. The molecule has 4 N–H and O–H groups in total. The van der Waals surface area contributed by atoms with E-state index in [4.69, 9.17) is 20.0 Å². The molecule has 0 radical (unpaired) electrons. The summed E-state index contributed by atoms with van der Waals surface area (Å²) in [5.74, 6) is -0.996. The van der Waals surface area contributed by atoms with Gasteiger partial charge < -0.3 is 25.1 Å². The Hall–Kier alpha value is -3.13. The number of esters is 1. The van der Waals surface area contributed by atoms with Crippen LogP contribution in [-0.4, -0.2) is 40.6 Å². The summed E-state index contributed by atoms with van der Waals surface area (Å²) in [4.78, 5) is 20.0. The third-order valence-corrected chi connectivity index (χ3v) is 3.18. The molecular weight excluding hydrogens is 302 g/mol. The molecule has 1 aliphatic heterocycles. The van der Waals surface area contributed by atoms with Gasteiger partial charge in [0.05, 0.1) is 6.61 Å². The van der Waals surface area contributed by atoms with Crippen LogP contribution in [0.15, 0.2) is 27.7 Å². The third-order valence-electron chi connectivity index (χ3n) is 3.18. The van der Waals surface area contributed by atoms with Crippen LogP contribution in [-0.2, 0) is 4.74 Å². The van der Waals surface area contributed by atoms with E-state index in [-0.39, 0.29) is 30.4 Å². The quantitative estimate of drug-likeness (QED) is 0.726. The van der Waals surface area contributed by atoms with Gasteiger partial charge in [-0.2, -0.15) is 0 Å². The number of nitrogen functional groups attached to an aromatic ring is 1. The fraction of sp³-hybridized carbons (Fsp3) is 0.133. The highest BCUT2D eigenvalue weighted by Crippen LogP contribution is 2.36. The molecular formula is C15H13N3O5. The highest BCUT2D eigenvalue weighted by molar-refractivity contribution is 6.21. The van der Waals surface area contributed by atoms with Crippen LogP contribution < -0.4 is 5.73 Å². The van der Waals surface area contributed by atoms with Gasteiger partial charge in [0.2, 0.25) is 5.88 Å². The van der Waals surface area contributed by atoms with Crippen molar-refractivity contribution >= 4 is 35.5 Å². The second-order valence-electron chi connectivity index (χ2n) is 4.65. The fourth-order valence-electron chi connectivity index (χ4n) is 2.14. The van der Waals surface area contributed by atoms with Crippen LogP contribution in [0.1, 0.15) is 21.7 Å². The van der Waals surface area contributed by atoms with E-state index in [1.54, 1.807) is 18.5 Å². The molecule has 0 fully saturated rings. The maximum Gasteiger partial charge on any atom is 0.347 e. The minimum absolute atomic E-state index is 0.0107. The Labute approximate surface area is 130 Å². The standard InChI is InChI=1S/C15H13N3O5/c16-13-11(15(21)22-5-4-19)12(20)10(23-13)6-8-7-18-14-9(8)2-1-3-17-14/h1-3,6-7,19-20H,4-5,16H2. The van der Waals surface area contributed by atoms with Crippen LogP contribution >= 0.6 is 0 Å². The van der Waals surface area contributed by atoms with Crippen LogP contribution in [0.25, 0.3) is 11.6 Å². The summed E-state index contributed by atoms with van der Waals surface area (Å²) >= 11 is 0. The number of aliphatic hydroxyl groups is 1. The molecule has 8 heteroatoms. The zero-order valence-corrected chi connectivity index (χ0v) is 11.9. The molecule has 1 aliphatic rings. The van der Waals surface area contributed by atoms with Crippen LogP contribution in [0.5, 0.6) is 5.75 Å². The zero-order valence-electron chi connectivity index (χ0n) is 11.9. The van der Waals surface area contributed by atoms with E-state index in [2.05, 4.69) is 9.98 Å². The van der Waals surface area contributed by atoms with Crippen LogP contribution in [0.2, 0.25) is 0 Å². The normalized spacial score (nSPS) is 14.2. The van der Waals surface area contributed by atoms with Crippen LogP contribution in [0.3, 0.4) is 0 Å². The second kappa shape index (κ2) is 5.93. The monoisotopic (exact) mass is 315 g/mol. The van der Waals surface area contributed by atoms with E-state index in [0.717, 1.165) is 5.56 Å². The second-order valence-corrected chi connectivity index (χ2v) is 4.65. The van der Waals surface area contributed by atoms with Crippen molar-refractivity contribution in [2.24, 2.45) is 4.99 Å². The Morgan fingerprint density at radius 2 is 2.30 bits per heavy atom. The molecule has 0 atom stereocenters. The number of anilines is 1. The number of pyridine rings is 1. The number of rotatable bonds is 4. The summed E-state index contributed by atoms with van der Waals surface area (Å²) in [5, 5.41) is 18.8. The number of nitrogens with two attached hydrogens (primary N) is 1. The van der Waals surface area contributed by atoms with Gasteiger partial charge in [0.25, 0.3) is 0 Å². The number of aromatic nitrogens is 1. The highest BCUT2D eigenvalue weighted by atomic mass is 16.5. The first-order valence-corrected chi connectivity index (χ1v) is 6.72. The lowest BCUT2D eigenvalue weighted by Gasteiger charge is -2.01. The number of aliphatic hydroxyl groups excluding tert-OH is 1. The molecule has 2 aromatic rings. The molecule has 0 aliphatic carbocycles. The largest absolute Gasteiger partial charge is 0.504 e. The van der Waals surface area contributed by atoms with Gasteiger partial charge in [-0.1, -0.05) is 0 Å². The number of ether oxygens (including phenoxy) is 1. The van der Waals surface area contributed by atoms with Crippen LogP contribution in [0.4, 0.5) is 11.7 Å². The average Bonchev–Trinajstić information content (AvgIpc) is 3.07. The number of carbonyl (C=O) groups is 1. The molecule has 118 valence electrons. The van der Waals surface area contributed by atoms with E-state index >= 15 is 0 Å². The maximum atomic E-state index is 11.8. The van der Waals surface area contributed by atoms with Crippen molar-refractivity contribution in [3.63, 3.8) is 0 Å². The molecule has 0 bridgehead atoms.